The van der Waals surface area contributed by atoms with Crippen molar-refractivity contribution in [1.29, 1.82) is 0 Å². The van der Waals surface area contributed by atoms with Crippen LogP contribution < -0.4 is 10.6 Å². The van der Waals surface area contributed by atoms with E-state index in [2.05, 4.69) is 5.32 Å². The van der Waals surface area contributed by atoms with Crippen molar-refractivity contribution in [1.82, 2.24) is 10.6 Å². The Labute approximate surface area is 224 Å². The van der Waals surface area contributed by atoms with Gasteiger partial charge in [-0.1, -0.05) is 40.9 Å². The van der Waals surface area contributed by atoms with Crippen LogP contribution in [0.1, 0.15) is 46.8 Å². The van der Waals surface area contributed by atoms with E-state index in [0.29, 0.717) is 13.0 Å². The normalized spacial score (nSPS) is 14.2. The van der Waals surface area contributed by atoms with E-state index in [-0.39, 0.29) is 37.3 Å². The molecule has 0 fully saturated rings. The fourth-order valence-electron chi connectivity index (χ4n) is 3.28. The van der Waals surface area contributed by atoms with Crippen LogP contribution in [0.5, 0.6) is 0 Å². The van der Waals surface area contributed by atoms with Gasteiger partial charge in [0.15, 0.2) is 0 Å². The molecule has 2 atom stereocenters. The van der Waals surface area contributed by atoms with Crippen LogP contribution in [0.3, 0.4) is 0 Å². The maximum absolute atomic E-state index is 15.1. The second-order valence-electron chi connectivity index (χ2n) is 8.30. The Morgan fingerprint density at radius 2 is 1.59 bits per heavy atom. The fourth-order valence-corrected chi connectivity index (χ4v) is 3.89. The van der Waals surface area contributed by atoms with Gasteiger partial charge in [-0.05, 0) is 55.3 Å². The maximum Gasteiger partial charge on any atom is 0.405 e. The third-order valence-electron chi connectivity index (χ3n) is 5.18. The zero-order valence-corrected chi connectivity index (χ0v) is 21.8. The van der Waals surface area contributed by atoms with Gasteiger partial charge in [-0.15, -0.1) is 0 Å². The van der Waals surface area contributed by atoms with Gasteiger partial charge >= 0.3 is 6.18 Å². The van der Waals surface area contributed by atoms with Gasteiger partial charge in [-0.3, -0.25) is 9.59 Å². The molecule has 2 rings (SSSR count). The number of hydrogen-bond donors (Lipinski definition) is 2. The Morgan fingerprint density at radius 1 is 1.03 bits per heavy atom. The quantitative estimate of drug-likeness (QED) is 0.247. The second kappa shape index (κ2) is 12.0. The number of nitrogens with one attached hydrogen (secondary N) is 2. The lowest BCUT2D eigenvalue weighted by atomic mass is 9.91. The number of rotatable bonds is 8. The predicted molar refractivity (Wildman–Crippen MR) is 131 cm³/mol. The summed E-state index contributed by atoms with van der Waals surface area (Å²) in [6, 6.07) is 4.61. The first-order valence-corrected chi connectivity index (χ1v) is 11.7. The van der Waals surface area contributed by atoms with Gasteiger partial charge < -0.3 is 10.6 Å². The van der Waals surface area contributed by atoms with Crippen LogP contribution in [0.25, 0.3) is 5.83 Å². The lowest BCUT2D eigenvalue weighted by Gasteiger charge is -2.22. The maximum atomic E-state index is 15.1. The third kappa shape index (κ3) is 8.55. The molecule has 0 saturated carbocycles. The summed E-state index contributed by atoms with van der Waals surface area (Å²) in [5.41, 5.74) is 0.0254. The van der Waals surface area contributed by atoms with Crippen molar-refractivity contribution in [2.24, 2.45) is 0 Å². The van der Waals surface area contributed by atoms with Gasteiger partial charge in [0.05, 0.1) is 21.0 Å². The van der Waals surface area contributed by atoms with Crippen LogP contribution in [0.15, 0.2) is 36.4 Å². The van der Waals surface area contributed by atoms with Crippen molar-refractivity contribution in [2.45, 2.75) is 44.8 Å². The van der Waals surface area contributed by atoms with E-state index in [4.69, 9.17) is 34.8 Å². The van der Waals surface area contributed by atoms with Gasteiger partial charge in [0.25, 0.3) is 11.8 Å². The van der Waals surface area contributed by atoms with Gasteiger partial charge in [0.1, 0.15) is 18.4 Å². The smallest absolute Gasteiger partial charge is 0.345 e. The van der Waals surface area contributed by atoms with Gasteiger partial charge in [-0.2, -0.15) is 13.2 Å². The molecule has 0 radical (unpaired) electrons. The van der Waals surface area contributed by atoms with E-state index in [0.717, 1.165) is 18.2 Å². The molecule has 0 aliphatic carbocycles. The highest BCUT2D eigenvalue weighted by Crippen LogP contribution is 2.41. The zero-order chi connectivity index (χ0) is 28.3. The molecule has 0 aliphatic rings. The molecule has 0 bridgehead atoms. The zero-order valence-electron chi connectivity index (χ0n) is 19.5. The SMILES string of the molecule is Cc1cc(/C(F)=C/C(c2cc(Cl)c(Cl)c(Cl)c2)C(C)(F)F)ccc1C(=O)N[C@H](C)C(=O)NCC(F)(F)F. The minimum Gasteiger partial charge on any atom is -0.345 e. The topological polar surface area (TPSA) is 58.2 Å². The van der Waals surface area contributed by atoms with Crippen LogP contribution in [0.4, 0.5) is 26.3 Å². The number of hydrogen-bond acceptors (Lipinski definition) is 2. The molecule has 0 saturated heterocycles. The Morgan fingerprint density at radius 3 is 2.08 bits per heavy atom. The van der Waals surface area contributed by atoms with Crippen LogP contribution in [0, 0.1) is 6.92 Å². The Balaban J connectivity index is 2.27. The van der Waals surface area contributed by atoms with Crippen LogP contribution >= 0.6 is 34.8 Å². The summed E-state index contributed by atoms with van der Waals surface area (Å²) in [5, 5.41) is 3.70. The van der Waals surface area contributed by atoms with Crippen molar-refractivity contribution >= 4 is 52.4 Å². The lowest BCUT2D eigenvalue weighted by Crippen LogP contribution is -2.47. The van der Waals surface area contributed by atoms with Crippen molar-refractivity contribution in [3.8, 4) is 0 Å². The molecular weight excluding hydrogens is 569 g/mol. The first-order valence-electron chi connectivity index (χ1n) is 10.6. The fraction of sp³-hybridized carbons (Fsp3) is 0.333. The Hall–Kier alpha value is -2.43. The molecule has 2 aromatic carbocycles. The number of carbonyl (C=O) groups is 2. The minimum absolute atomic E-state index is 0.000609. The highest BCUT2D eigenvalue weighted by molar-refractivity contribution is 6.48. The molecule has 202 valence electrons. The van der Waals surface area contributed by atoms with Crippen molar-refractivity contribution < 1.29 is 35.9 Å². The summed E-state index contributed by atoms with van der Waals surface area (Å²) >= 11 is 17.7. The van der Waals surface area contributed by atoms with Crippen molar-refractivity contribution in [3.63, 3.8) is 0 Å². The first kappa shape index (κ1) is 30.8. The molecule has 2 amide bonds. The van der Waals surface area contributed by atoms with Gasteiger partial charge in [-0.25, -0.2) is 13.2 Å². The van der Waals surface area contributed by atoms with Gasteiger partial charge in [0.2, 0.25) is 5.91 Å². The number of carbonyl (C=O) groups excluding carboxylic acids is 2. The largest absolute Gasteiger partial charge is 0.405 e. The van der Waals surface area contributed by atoms with E-state index in [1.54, 1.807) is 5.32 Å². The molecule has 0 aromatic heterocycles. The second-order valence-corrected chi connectivity index (χ2v) is 9.50. The Kier molecular flexibility index (Phi) is 9.95. The molecule has 2 aromatic rings. The van der Waals surface area contributed by atoms with E-state index in [1.165, 1.54) is 26.0 Å². The molecule has 37 heavy (non-hydrogen) atoms. The lowest BCUT2D eigenvalue weighted by molar-refractivity contribution is -0.139. The summed E-state index contributed by atoms with van der Waals surface area (Å²) in [6.07, 6.45) is -3.92. The van der Waals surface area contributed by atoms with Crippen LogP contribution in [-0.2, 0) is 4.79 Å². The van der Waals surface area contributed by atoms with E-state index in [9.17, 15) is 31.5 Å². The highest BCUT2D eigenvalue weighted by atomic mass is 35.5. The van der Waals surface area contributed by atoms with Crippen molar-refractivity contribution in [2.75, 3.05) is 6.54 Å². The predicted octanol–water partition coefficient (Wildman–Crippen LogP) is 7.50. The average Bonchev–Trinajstić information content (AvgIpc) is 2.77. The number of amides is 2. The first-order chi connectivity index (χ1) is 16.9. The van der Waals surface area contributed by atoms with Crippen molar-refractivity contribution in [3.05, 3.63) is 73.7 Å². The van der Waals surface area contributed by atoms with E-state index in [1.807, 2.05) is 0 Å². The molecule has 0 heterocycles. The molecule has 4 nitrogen and oxygen atoms in total. The van der Waals surface area contributed by atoms with Gasteiger partial charge in [0, 0.05) is 18.1 Å². The van der Waals surface area contributed by atoms with E-state index < -0.39 is 48.2 Å². The standard InChI is InChI=1S/C24H21Cl3F6N2O2/c1-11-6-13(4-5-15(11)22(37)35-12(2)21(36)34-10-24(31,32)33)19(28)9-16(23(3,29)30)14-7-17(25)20(27)18(26)8-14/h4-9,12,16H,10H2,1-3H3,(H,34,36)(H,35,37)/b19-9-/t12-,16?/m1/s1. The molecule has 13 heteroatoms. The molecular formula is C24H21Cl3F6N2O2. The molecule has 1 unspecified atom stereocenters. The van der Waals surface area contributed by atoms with Crippen LogP contribution in [0.2, 0.25) is 15.1 Å². The molecule has 0 spiro atoms. The molecule has 2 N–H and O–H groups in total. The average molecular weight is 590 g/mol. The Bertz CT molecular complexity index is 1190. The molecule has 0 aliphatic heterocycles. The summed E-state index contributed by atoms with van der Waals surface area (Å²) < 4.78 is 80.6. The number of alkyl halides is 5. The summed E-state index contributed by atoms with van der Waals surface area (Å²) in [5.74, 6) is -8.06. The number of benzene rings is 2. The number of allylic oxidation sites excluding steroid dienone is 1. The van der Waals surface area contributed by atoms with E-state index >= 15 is 4.39 Å². The summed E-state index contributed by atoms with van der Waals surface area (Å²) in [4.78, 5) is 24.3. The number of aryl methyl sites for hydroxylation is 1. The number of halogens is 9. The summed E-state index contributed by atoms with van der Waals surface area (Å²) in [7, 11) is 0. The van der Waals surface area contributed by atoms with Crippen LogP contribution in [-0.4, -0.2) is 36.5 Å². The summed E-state index contributed by atoms with van der Waals surface area (Å²) in [6.45, 7) is 1.67. The minimum atomic E-state index is -4.61. The third-order valence-corrected chi connectivity index (χ3v) is 6.37. The monoisotopic (exact) mass is 588 g/mol. The highest BCUT2D eigenvalue weighted by Gasteiger charge is 2.35.